The zero-order chi connectivity index (χ0) is 21.4. The van der Waals surface area contributed by atoms with Crippen molar-refractivity contribution in [3.05, 3.63) is 65.5 Å². The fourth-order valence-electron chi connectivity index (χ4n) is 3.45. The molecular formula is C19H22BFN2O5S. The average molecular weight is 420 g/mol. The zero-order valence-corrected chi connectivity index (χ0v) is 17.0. The molecule has 1 saturated heterocycles. The number of halogens is 1. The van der Waals surface area contributed by atoms with Crippen molar-refractivity contribution in [2.24, 2.45) is 4.99 Å². The molecular weight excluding hydrogens is 398 g/mol. The van der Waals surface area contributed by atoms with E-state index in [0.717, 1.165) is 0 Å². The first-order valence-corrected chi connectivity index (χ1v) is 10.5. The second-order valence-electron chi connectivity index (χ2n) is 7.41. The summed E-state index contributed by atoms with van der Waals surface area (Å²) in [5, 5.41) is 17.6. The highest BCUT2D eigenvalue weighted by atomic mass is 32.2. The maximum Gasteiger partial charge on any atom is 0.488 e. The minimum absolute atomic E-state index is 0.168. The smallest absolute Gasteiger partial charge is 0.457 e. The predicted octanol–water partition coefficient (Wildman–Crippen LogP) is 1.39. The number of benzene rings is 2. The third-order valence-corrected chi connectivity index (χ3v) is 6.63. The third-order valence-electron chi connectivity index (χ3n) is 4.71. The van der Waals surface area contributed by atoms with Gasteiger partial charge in [-0.2, -0.15) is 0 Å². The van der Waals surface area contributed by atoms with Crippen molar-refractivity contribution >= 4 is 28.6 Å². The first kappa shape index (κ1) is 21.3. The molecule has 29 heavy (non-hydrogen) atoms. The Morgan fingerprint density at radius 3 is 2.52 bits per heavy atom. The van der Waals surface area contributed by atoms with Crippen LogP contribution in [0.1, 0.15) is 43.2 Å². The van der Waals surface area contributed by atoms with E-state index in [1.54, 1.807) is 51.1 Å². The van der Waals surface area contributed by atoms with Gasteiger partial charge in [0, 0.05) is 5.56 Å². The largest absolute Gasteiger partial charge is 0.488 e. The van der Waals surface area contributed by atoms with Crippen LogP contribution in [0, 0.1) is 5.82 Å². The number of nitrogens with one attached hydrogen (secondary N) is 1. The van der Waals surface area contributed by atoms with Gasteiger partial charge in [-0.25, -0.2) is 22.5 Å². The lowest BCUT2D eigenvalue weighted by Crippen LogP contribution is -2.53. The number of sulfonamides is 1. The number of ether oxygens (including phenoxy) is 1. The Balaban J connectivity index is 1.95. The summed E-state index contributed by atoms with van der Waals surface area (Å²) in [7, 11) is -5.70. The quantitative estimate of drug-likeness (QED) is 0.648. The summed E-state index contributed by atoms with van der Waals surface area (Å²) in [6.45, 7) is 4.83. The van der Waals surface area contributed by atoms with Crippen molar-refractivity contribution in [2.75, 3.05) is 0 Å². The average Bonchev–Trinajstić information content (AvgIpc) is 2.60. The normalized spacial score (nSPS) is 22.4. The van der Waals surface area contributed by atoms with Crippen molar-refractivity contribution in [1.29, 1.82) is 0 Å². The van der Waals surface area contributed by atoms with Crippen LogP contribution in [-0.4, -0.2) is 37.2 Å². The van der Waals surface area contributed by atoms with Gasteiger partial charge in [0.25, 0.3) is 6.02 Å². The Hall–Kier alpha value is -2.43. The molecule has 2 atom stereocenters. The van der Waals surface area contributed by atoms with E-state index >= 15 is 0 Å². The van der Waals surface area contributed by atoms with Gasteiger partial charge >= 0.3 is 7.12 Å². The van der Waals surface area contributed by atoms with E-state index in [1.165, 1.54) is 18.2 Å². The van der Waals surface area contributed by atoms with E-state index in [4.69, 9.17) is 4.74 Å². The van der Waals surface area contributed by atoms with Crippen LogP contribution in [0.5, 0.6) is 0 Å². The van der Waals surface area contributed by atoms with Gasteiger partial charge < -0.3 is 14.8 Å². The SMILES string of the molecule is C[C@H](N=C1NS(=O)(=O)C(c2cccc(B(O)O)c2)C(C)(C)O1)c1ccccc1F. The second kappa shape index (κ2) is 7.77. The highest BCUT2D eigenvalue weighted by molar-refractivity contribution is 7.90. The lowest BCUT2D eigenvalue weighted by atomic mass is 9.79. The van der Waals surface area contributed by atoms with E-state index < -0.39 is 39.9 Å². The molecule has 2 aromatic carbocycles. The summed E-state index contributed by atoms with van der Waals surface area (Å²) in [5.74, 6) is -0.445. The summed E-state index contributed by atoms with van der Waals surface area (Å²) in [6.07, 6.45) is 0. The number of nitrogens with zero attached hydrogens (tertiary/aromatic N) is 1. The summed E-state index contributed by atoms with van der Waals surface area (Å²) in [5.41, 5.74) is -0.403. The van der Waals surface area contributed by atoms with E-state index in [-0.39, 0.29) is 11.5 Å². The molecule has 1 unspecified atom stereocenters. The zero-order valence-electron chi connectivity index (χ0n) is 16.2. The van der Waals surface area contributed by atoms with E-state index in [1.807, 2.05) is 0 Å². The van der Waals surface area contributed by atoms with Crippen LogP contribution in [0.4, 0.5) is 4.39 Å². The minimum Gasteiger partial charge on any atom is -0.457 e. The van der Waals surface area contributed by atoms with E-state index in [0.29, 0.717) is 11.1 Å². The van der Waals surface area contributed by atoms with Crippen LogP contribution in [0.25, 0.3) is 0 Å². The molecule has 0 aliphatic carbocycles. The molecule has 0 spiro atoms. The maximum absolute atomic E-state index is 14.0. The molecule has 0 saturated carbocycles. The molecule has 1 aliphatic heterocycles. The Labute approximate surface area is 169 Å². The molecule has 1 fully saturated rings. The van der Waals surface area contributed by atoms with Crippen molar-refractivity contribution in [3.63, 3.8) is 0 Å². The number of rotatable bonds is 4. The topological polar surface area (TPSA) is 108 Å². The minimum atomic E-state index is -3.98. The summed E-state index contributed by atoms with van der Waals surface area (Å²) >= 11 is 0. The number of hydrogen-bond acceptors (Lipinski definition) is 6. The van der Waals surface area contributed by atoms with E-state index in [2.05, 4.69) is 9.71 Å². The third kappa shape index (κ3) is 4.44. The van der Waals surface area contributed by atoms with Crippen LogP contribution in [0.3, 0.4) is 0 Å². The molecule has 0 bridgehead atoms. The molecule has 3 N–H and O–H groups in total. The fraction of sp³-hybridized carbons (Fsp3) is 0.316. The lowest BCUT2D eigenvalue weighted by molar-refractivity contribution is 0.0761. The summed E-state index contributed by atoms with van der Waals surface area (Å²) in [6, 6.07) is 11.2. The van der Waals surface area contributed by atoms with Gasteiger partial charge in [-0.1, -0.05) is 42.5 Å². The van der Waals surface area contributed by atoms with Gasteiger partial charge in [0.2, 0.25) is 10.0 Å². The number of hydrogen-bond donors (Lipinski definition) is 3. The Morgan fingerprint density at radius 1 is 1.21 bits per heavy atom. The molecule has 7 nitrogen and oxygen atoms in total. The fourth-order valence-corrected chi connectivity index (χ4v) is 5.21. The van der Waals surface area contributed by atoms with Crippen molar-refractivity contribution < 1.29 is 27.6 Å². The van der Waals surface area contributed by atoms with Gasteiger partial charge in [0.1, 0.15) is 16.7 Å². The van der Waals surface area contributed by atoms with Gasteiger partial charge in [-0.3, -0.25) is 0 Å². The van der Waals surface area contributed by atoms with Gasteiger partial charge in [-0.05, 0) is 37.9 Å². The highest BCUT2D eigenvalue weighted by Gasteiger charge is 2.48. The maximum atomic E-state index is 14.0. The molecule has 1 heterocycles. The van der Waals surface area contributed by atoms with Crippen LogP contribution in [0.2, 0.25) is 0 Å². The molecule has 2 aromatic rings. The Morgan fingerprint density at radius 2 is 1.90 bits per heavy atom. The monoisotopic (exact) mass is 420 g/mol. The van der Waals surface area contributed by atoms with Gasteiger partial charge in [0.05, 0.1) is 6.04 Å². The van der Waals surface area contributed by atoms with Crippen molar-refractivity contribution in [1.82, 2.24) is 4.72 Å². The molecule has 0 radical (unpaired) electrons. The molecule has 1 aliphatic rings. The first-order chi connectivity index (χ1) is 13.5. The highest BCUT2D eigenvalue weighted by Crippen LogP contribution is 2.38. The molecule has 0 amide bonds. The van der Waals surface area contributed by atoms with E-state index in [9.17, 15) is 22.9 Å². The number of amidine groups is 1. The first-order valence-electron chi connectivity index (χ1n) is 9.00. The van der Waals surface area contributed by atoms with Crippen LogP contribution < -0.4 is 10.2 Å². The second-order valence-corrected chi connectivity index (χ2v) is 9.17. The van der Waals surface area contributed by atoms with Crippen molar-refractivity contribution in [3.8, 4) is 0 Å². The van der Waals surface area contributed by atoms with Gasteiger partial charge in [-0.15, -0.1) is 0 Å². The molecule has 154 valence electrons. The lowest BCUT2D eigenvalue weighted by Gasteiger charge is -2.39. The van der Waals surface area contributed by atoms with Gasteiger partial charge in [0.15, 0.2) is 0 Å². The van der Waals surface area contributed by atoms with Crippen LogP contribution in [-0.2, 0) is 14.8 Å². The molecule has 10 heteroatoms. The molecule has 3 rings (SSSR count). The standard InChI is InChI=1S/C19H22BFN2O5S/c1-12(15-9-4-5-10-16(15)21)22-18-23-29(26,27)17(19(2,3)28-18)13-7-6-8-14(11-13)20(24)25/h4-12,17,24-25H,1-3H3,(H,22,23)/t12-,17?/m0/s1. The van der Waals surface area contributed by atoms with Crippen LogP contribution in [0.15, 0.2) is 53.5 Å². The van der Waals surface area contributed by atoms with Crippen molar-refractivity contribution in [2.45, 2.75) is 37.7 Å². The summed E-state index contributed by atoms with van der Waals surface area (Å²) in [4.78, 5) is 4.22. The Bertz CT molecular complexity index is 1040. The predicted molar refractivity (Wildman–Crippen MR) is 108 cm³/mol. The molecule has 0 aromatic heterocycles. The van der Waals surface area contributed by atoms with Crippen LogP contribution >= 0.6 is 0 Å². The Kier molecular flexibility index (Phi) is 5.71. The summed E-state index contributed by atoms with van der Waals surface area (Å²) < 4.78 is 48.1. The number of aliphatic imine (C=N–C) groups is 1.